The fourth-order valence-corrected chi connectivity index (χ4v) is 9.65. The van der Waals surface area contributed by atoms with Gasteiger partial charge in [-0.15, -0.1) is 0 Å². The molecule has 0 aromatic heterocycles. The Morgan fingerprint density at radius 1 is 0.793 bits per heavy atom. The lowest BCUT2D eigenvalue weighted by molar-refractivity contribution is -0.165. The SMILES string of the molecule is CC(C)CCC[C@@H](C)[C@H]1CC[C@@]2(C)[C@@H]3CCC4CC(O)CC[C@]4(C)[C@H]3CC[C@]12C. The average molecular weight is 403 g/mol. The van der Waals surface area contributed by atoms with Crippen molar-refractivity contribution in [1.29, 1.82) is 0 Å². The number of rotatable bonds is 5. The van der Waals surface area contributed by atoms with Gasteiger partial charge in [0.15, 0.2) is 0 Å². The highest BCUT2D eigenvalue weighted by Gasteiger charge is 2.65. The van der Waals surface area contributed by atoms with E-state index in [9.17, 15) is 5.11 Å². The molecule has 4 aliphatic carbocycles. The summed E-state index contributed by atoms with van der Waals surface area (Å²) in [6.07, 6.45) is 16.4. The molecule has 1 heteroatoms. The number of aliphatic hydroxyl groups is 1. The molecule has 0 radical (unpaired) electrons. The zero-order chi connectivity index (χ0) is 21.0. The molecule has 0 heterocycles. The first-order valence-electron chi connectivity index (χ1n) is 13.3. The zero-order valence-electron chi connectivity index (χ0n) is 20.5. The van der Waals surface area contributed by atoms with Crippen molar-refractivity contribution in [1.82, 2.24) is 0 Å². The van der Waals surface area contributed by atoms with Crippen LogP contribution in [-0.4, -0.2) is 11.2 Å². The van der Waals surface area contributed by atoms with Crippen LogP contribution >= 0.6 is 0 Å². The maximum Gasteiger partial charge on any atom is 0.0543 e. The molecule has 0 aromatic rings. The van der Waals surface area contributed by atoms with E-state index in [0.717, 1.165) is 48.3 Å². The van der Waals surface area contributed by atoms with E-state index in [1.165, 1.54) is 64.2 Å². The summed E-state index contributed by atoms with van der Waals surface area (Å²) >= 11 is 0. The lowest BCUT2D eigenvalue weighted by Gasteiger charge is -2.65. The summed E-state index contributed by atoms with van der Waals surface area (Å²) in [7, 11) is 0. The third-order valence-electron chi connectivity index (χ3n) is 11.7. The largest absolute Gasteiger partial charge is 0.393 e. The van der Waals surface area contributed by atoms with E-state index in [1.807, 2.05) is 0 Å². The minimum absolute atomic E-state index is 0.0170. The predicted molar refractivity (Wildman–Crippen MR) is 124 cm³/mol. The summed E-state index contributed by atoms with van der Waals surface area (Å²) < 4.78 is 0. The van der Waals surface area contributed by atoms with E-state index in [4.69, 9.17) is 0 Å². The molecule has 0 aromatic carbocycles. The molecule has 0 aliphatic heterocycles. The van der Waals surface area contributed by atoms with Crippen LogP contribution in [0.3, 0.4) is 0 Å². The van der Waals surface area contributed by atoms with E-state index in [1.54, 1.807) is 0 Å². The molecule has 0 saturated heterocycles. The molecule has 1 nitrogen and oxygen atoms in total. The van der Waals surface area contributed by atoms with Crippen molar-refractivity contribution in [2.75, 3.05) is 0 Å². The van der Waals surface area contributed by atoms with Crippen LogP contribution in [0.15, 0.2) is 0 Å². The van der Waals surface area contributed by atoms with Crippen molar-refractivity contribution in [3.63, 3.8) is 0 Å². The maximum absolute atomic E-state index is 10.3. The van der Waals surface area contributed by atoms with Crippen LogP contribution in [0, 0.1) is 51.8 Å². The van der Waals surface area contributed by atoms with Crippen molar-refractivity contribution < 1.29 is 5.11 Å². The van der Waals surface area contributed by atoms with Crippen molar-refractivity contribution in [3.05, 3.63) is 0 Å². The maximum atomic E-state index is 10.3. The molecule has 1 N–H and O–H groups in total. The molecular formula is C28H50O. The molecule has 9 atom stereocenters. The first-order chi connectivity index (χ1) is 13.6. The molecule has 168 valence electrons. The highest BCUT2D eigenvalue weighted by Crippen LogP contribution is 2.73. The monoisotopic (exact) mass is 402 g/mol. The Bertz CT molecular complexity index is 583. The molecule has 0 amide bonds. The van der Waals surface area contributed by atoms with Gasteiger partial charge in [-0.1, -0.05) is 60.8 Å². The summed E-state index contributed by atoms with van der Waals surface area (Å²) in [6.45, 7) is 15.4. The number of fused-ring (bicyclic) bond motifs is 5. The van der Waals surface area contributed by atoms with Gasteiger partial charge in [0.25, 0.3) is 0 Å². The summed E-state index contributed by atoms with van der Waals surface area (Å²) in [5.74, 6) is 5.33. The Balaban J connectivity index is 1.52. The van der Waals surface area contributed by atoms with Gasteiger partial charge in [0, 0.05) is 0 Å². The van der Waals surface area contributed by atoms with E-state index in [2.05, 4.69) is 41.5 Å². The van der Waals surface area contributed by atoms with Gasteiger partial charge in [-0.05, 0) is 110 Å². The summed E-state index contributed by atoms with van der Waals surface area (Å²) in [4.78, 5) is 0. The van der Waals surface area contributed by atoms with Crippen molar-refractivity contribution in [2.24, 2.45) is 51.8 Å². The Morgan fingerprint density at radius 2 is 1.52 bits per heavy atom. The Kier molecular flexibility index (Phi) is 5.98. The molecule has 4 rings (SSSR count). The minimum Gasteiger partial charge on any atom is -0.393 e. The quantitative estimate of drug-likeness (QED) is 0.496. The lowest BCUT2D eigenvalue weighted by Crippen LogP contribution is -2.58. The molecule has 0 bridgehead atoms. The van der Waals surface area contributed by atoms with E-state index >= 15 is 0 Å². The van der Waals surface area contributed by atoms with Crippen LogP contribution in [0.4, 0.5) is 0 Å². The van der Waals surface area contributed by atoms with Crippen LogP contribution in [-0.2, 0) is 0 Å². The molecule has 2 unspecified atom stereocenters. The van der Waals surface area contributed by atoms with Crippen LogP contribution in [0.5, 0.6) is 0 Å². The zero-order valence-corrected chi connectivity index (χ0v) is 20.5. The van der Waals surface area contributed by atoms with Gasteiger partial charge in [-0.25, -0.2) is 0 Å². The number of hydrogen-bond acceptors (Lipinski definition) is 1. The van der Waals surface area contributed by atoms with Crippen LogP contribution < -0.4 is 0 Å². The highest BCUT2D eigenvalue weighted by atomic mass is 16.3. The number of hydrogen-bond donors (Lipinski definition) is 1. The summed E-state index contributed by atoms with van der Waals surface area (Å²) in [5, 5.41) is 10.3. The van der Waals surface area contributed by atoms with Crippen molar-refractivity contribution >= 4 is 0 Å². The highest BCUT2D eigenvalue weighted by molar-refractivity contribution is 5.14. The van der Waals surface area contributed by atoms with Gasteiger partial charge in [0.2, 0.25) is 0 Å². The molecule has 4 saturated carbocycles. The van der Waals surface area contributed by atoms with Crippen LogP contribution in [0.25, 0.3) is 0 Å². The summed E-state index contributed by atoms with van der Waals surface area (Å²) in [6, 6.07) is 0. The van der Waals surface area contributed by atoms with E-state index < -0.39 is 0 Å². The molecule has 4 aliphatic rings. The van der Waals surface area contributed by atoms with Gasteiger partial charge in [0.1, 0.15) is 0 Å². The third-order valence-corrected chi connectivity index (χ3v) is 11.7. The standard InChI is InChI=1S/C28H50O/c1-19(2)8-7-9-20(3)23-13-16-28(6)25-11-10-21-18-22(29)12-15-26(21,4)24(25)14-17-27(23,28)5/h19-25,29H,7-18H2,1-6H3/t20-,21?,22?,23-,24+,25-,26+,27-,28+/m1/s1. The van der Waals surface area contributed by atoms with Gasteiger partial charge in [0.05, 0.1) is 6.10 Å². The molecule has 4 fully saturated rings. The summed E-state index contributed by atoms with van der Waals surface area (Å²) in [5.41, 5.74) is 1.62. The second-order valence-electron chi connectivity index (χ2n) is 13.2. The van der Waals surface area contributed by atoms with Gasteiger partial charge in [-0.2, -0.15) is 0 Å². The minimum atomic E-state index is -0.0170. The topological polar surface area (TPSA) is 20.2 Å². The van der Waals surface area contributed by atoms with Crippen LogP contribution in [0.1, 0.15) is 119 Å². The van der Waals surface area contributed by atoms with E-state index in [0.29, 0.717) is 16.2 Å². The third kappa shape index (κ3) is 3.44. The molecule has 29 heavy (non-hydrogen) atoms. The Morgan fingerprint density at radius 3 is 2.24 bits per heavy atom. The average Bonchev–Trinajstić information content (AvgIpc) is 2.93. The fourth-order valence-electron chi connectivity index (χ4n) is 9.65. The second kappa shape index (κ2) is 7.83. The molecular weight excluding hydrogens is 352 g/mol. The van der Waals surface area contributed by atoms with Crippen molar-refractivity contribution in [3.8, 4) is 0 Å². The van der Waals surface area contributed by atoms with Crippen molar-refractivity contribution in [2.45, 2.75) is 125 Å². The smallest absolute Gasteiger partial charge is 0.0543 e. The van der Waals surface area contributed by atoms with Crippen LogP contribution in [0.2, 0.25) is 0 Å². The Hall–Kier alpha value is -0.0400. The first kappa shape index (κ1) is 22.2. The first-order valence-corrected chi connectivity index (χ1v) is 13.3. The Labute approximate surface area is 181 Å². The lowest BCUT2D eigenvalue weighted by atomic mass is 9.40. The van der Waals surface area contributed by atoms with Gasteiger partial charge >= 0.3 is 0 Å². The second-order valence-corrected chi connectivity index (χ2v) is 13.2. The normalized spacial score (nSPS) is 50.7. The molecule has 0 spiro atoms. The number of aliphatic hydroxyl groups excluding tert-OH is 1. The fraction of sp³-hybridized carbons (Fsp3) is 1.00. The van der Waals surface area contributed by atoms with Gasteiger partial charge < -0.3 is 5.11 Å². The van der Waals surface area contributed by atoms with E-state index in [-0.39, 0.29) is 6.10 Å². The van der Waals surface area contributed by atoms with Gasteiger partial charge in [-0.3, -0.25) is 0 Å². The predicted octanol–water partition coefficient (Wildman–Crippen LogP) is 7.86.